The van der Waals surface area contributed by atoms with Crippen molar-refractivity contribution in [3.63, 3.8) is 0 Å². The zero-order valence-corrected chi connectivity index (χ0v) is 13.3. The quantitative estimate of drug-likeness (QED) is 0.733. The van der Waals surface area contributed by atoms with Gasteiger partial charge < -0.3 is 14.6 Å². The Bertz CT molecular complexity index is 790. The predicted molar refractivity (Wildman–Crippen MR) is 90.2 cm³/mol. The number of furan rings is 1. The summed E-state index contributed by atoms with van der Waals surface area (Å²) in [6.07, 6.45) is 4.66. The van der Waals surface area contributed by atoms with Crippen LogP contribution in [-0.2, 0) is 4.79 Å². The number of anilines is 1. The lowest BCUT2D eigenvalue weighted by atomic mass is 10.1. The highest BCUT2D eigenvalue weighted by Crippen LogP contribution is 2.27. The van der Waals surface area contributed by atoms with E-state index in [1.165, 1.54) is 0 Å². The van der Waals surface area contributed by atoms with E-state index in [1.807, 2.05) is 38.4 Å². The van der Waals surface area contributed by atoms with E-state index in [1.54, 1.807) is 12.5 Å². The van der Waals surface area contributed by atoms with Crippen LogP contribution in [0.1, 0.15) is 12.8 Å². The lowest BCUT2D eigenvalue weighted by Crippen LogP contribution is -2.17. The van der Waals surface area contributed by atoms with Crippen molar-refractivity contribution in [2.24, 2.45) is 0 Å². The number of aromatic nitrogens is 2. The molecular formula is C17H20N4O2. The molecule has 0 aliphatic heterocycles. The van der Waals surface area contributed by atoms with E-state index < -0.39 is 0 Å². The monoisotopic (exact) mass is 312 g/mol. The van der Waals surface area contributed by atoms with Gasteiger partial charge in [0.15, 0.2) is 5.82 Å². The van der Waals surface area contributed by atoms with Gasteiger partial charge in [-0.15, -0.1) is 0 Å². The second kappa shape index (κ2) is 6.66. The molecule has 6 nitrogen and oxygen atoms in total. The topological polar surface area (TPSA) is 74.2 Å². The van der Waals surface area contributed by atoms with Gasteiger partial charge in [0.05, 0.1) is 18.0 Å². The lowest BCUT2D eigenvalue weighted by Gasteiger charge is -2.08. The average Bonchev–Trinajstić information content (AvgIpc) is 3.16. The predicted octanol–water partition coefficient (Wildman–Crippen LogP) is 3.10. The van der Waals surface area contributed by atoms with Crippen molar-refractivity contribution in [1.29, 1.82) is 0 Å². The number of aromatic amines is 1. The molecule has 3 aromatic rings. The maximum Gasteiger partial charge on any atom is 0.225 e. The molecule has 0 spiro atoms. The molecule has 0 unspecified atom stereocenters. The van der Waals surface area contributed by atoms with Crippen LogP contribution in [0.4, 0.5) is 5.82 Å². The Morgan fingerprint density at radius 1 is 1.30 bits per heavy atom. The Labute approximate surface area is 134 Å². The molecule has 2 N–H and O–H groups in total. The molecule has 0 aliphatic carbocycles. The molecule has 3 rings (SSSR count). The Balaban J connectivity index is 1.71. The molecular weight excluding hydrogens is 292 g/mol. The number of H-pyrrole nitrogens is 1. The van der Waals surface area contributed by atoms with Crippen molar-refractivity contribution in [1.82, 2.24) is 15.1 Å². The number of carbonyl (C=O) groups excluding carboxylic acids is 1. The highest BCUT2D eigenvalue weighted by atomic mass is 16.3. The van der Waals surface area contributed by atoms with Crippen LogP contribution in [0.5, 0.6) is 0 Å². The van der Waals surface area contributed by atoms with E-state index in [9.17, 15) is 4.79 Å². The fourth-order valence-electron chi connectivity index (χ4n) is 2.47. The third-order valence-electron chi connectivity index (χ3n) is 3.68. The first-order valence-electron chi connectivity index (χ1n) is 7.59. The second-order valence-corrected chi connectivity index (χ2v) is 5.80. The fraction of sp³-hybridized carbons (Fsp3) is 0.294. The number of amides is 1. The summed E-state index contributed by atoms with van der Waals surface area (Å²) in [6, 6.07) is 7.85. The van der Waals surface area contributed by atoms with Crippen LogP contribution in [0.25, 0.3) is 22.0 Å². The summed E-state index contributed by atoms with van der Waals surface area (Å²) in [6.45, 7) is 0.892. The van der Waals surface area contributed by atoms with Crippen molar-refractivity contribution in [2.45, 2.75) is 12.8 Å². The molecule has 0 fully saturated rings. The SMILES string of the molecule is CN(C)CCCC(=O)Nc1n[nH]c2cc(-c3ccoc3)ccc12. The molecule has 6 heteroatoms. The fourth-order valence-corrected chi connectivity index (χ4v) is 2.47. The summed E-state index contributed by atoms with van der Waals surface area (Å²) < 4.78 is 5.11. The summed E-state index contributed by atoms with van der Waals surface area (Å²) >= 11 is 0. The van der Waals surface area contributed by atoms with E-state index in [4.69, 9.17) is 4.42 Å². The summed E-state index contributed by atoms with van der Waals surface area (Å²) in [5.74, 6) is 0.563. The largest absolute Gasteiger partial charge is 0.472 e. The summed E-state index contributed by atoms with van der Waals surface area (Å²) in [5.41, 5.74) is 2.93. The maximum atomic E-state index is 12.0. The molecule has 2 aromatic heterocycles. The van der Waals surface area contributed by atoms with Crippen molar-refractivity contribution in [3.8, 4) is 11.1 Å². The average molecular weight is 312 g/mol. The van der Waals surface area contributed by atoms with Crippen molar-refractivity contribution >= 4 is 22.6 Å². The number of benzene rings is 1. The first kappa shape index (κ1) is 15.3. The molecule has 0 radical (unpaired) electrons. The molecule has 0 aliphatic rings. The third-order valence-corrected chi connectivity index (χ3v) is 3.68. The van der Waals surface area contributed by atoms with Gasteiger partial charge in [0.25, 0.3) is 0 Å². The van der Waals surface area contributed by atoms with Crippen molar-refractivity contribution in [2.75, 3.05) is 26.0 Å². The van der Waals surface area contributed by atoms with Gasteiger partial charge in [0.2, 0.25) is 5.91 Å². The summed E-state index contributed by atoms with van der Waals surface area (Å²) in [4.78, 5) is 14.1. The van der Waals surface area contributed by atoms with Gasteiger partial charge in [0, 0.05) is 17.4 Å². The third kappa shape index (κ3) is 3.60. The van der Waals surface area contributed by atoms with Crippen LogP contribution in [0, 0.1) is 0 Å². The van der Waals surface area contributed by atoms with Crippen molar-refractivity contribution in [3.05, 3.63) is 36.8 Å². The number of rotatable bonds is 6. The van der Waals surface area contributed by atoms with Crippen LogP contribution in [0.2, 0.25) is 0 Å². The van der Waals surface area contributed by atoms with Crippen LogP contribution < -0.4 is 5.32 Å². The number of hydrogen-bond donors (Lipinski definition) is 2. The molecule has 120 valence electrons. The molecule has 0 saturated heterocycles. The zero-order valence-electron chi connectivity index (χ0n) is 13.3. The lowest BCUT2D eigenvalue weighted by molar-refractivity contribution is -0.116. The highest BCUT2D eigenvalue weighted by molar-refractivity contribution is 6.00. The zero-order chi connectivity index (χ0) is 16.2. The first-order chi connectivity index (χ1) is 11.1. The number of hydrogen-bond acceptors (Lipinski definition) is 4. The van der Waals surface area contributed by atoms with Crippen LogP contribution in [-0.4, -0.2) is 41.6 Å². The standard InChI is InChI=1S/C17H20N4O2/c1-21(2)8-3-4-16(22)18-17-14-6-5-12(10-15(14)19-20-17)13-7-9-23-11-13/h5-7,9-11H,3-4,8H2,1-2H3,(H2,18,19,20,22). The summed E-state index contributed by atoms with van der Waals surface area (Å²) in [7, 11) is 3.99. The van der Waals surface area contributed by atoms with E-state index in [2.05, 4.69) is 20.4 Å². The molecule has 0 bridgehead atoms. The van der Waals surface area contributed by atoms with Gasteiger partial charge in [-0.2, -0.15) is 5.10 Å². The molecule has 1 amide bonds. The van der Waals surface area contributed by atoms with E-state index in [0.29, 0.717) is 12.2 Å². The minimum absolute atomic E-state index is 0.0147. The van der Waals surface area contributed by atoms with E-state index in [-0.39, 0.29) is 5.91 Å². The van der Waals surface area contributed by atoms with Gasteiger partial charge >= 0.3 is 0 Å². The van der Waals surface area contributed by atoms with Crippen LogP contribution in [0.3, 0.4) is 0 Å². The molecule has 0 saturated carbocycles. The number of nitrogens with zero attached hydrogens (tertiary/aromatic N) is 2. The Morgan fingerprint density at radius 2 is 2.17 bits per heavy atom. The van der Waals surface area contributed by atoms with Gasteiger partial charge in [-0.25, -0.2) is 0 Å². The van der Waals surface area contributed by atoms with E-state index >= 15 is 0 Å². The van der Waals surface area contributed by atoms with Gasteiger partial charge in [0.1, 0.15) is 0 Å². The normalized spacial score (nSPS) is 11.3. The van der Waals surface area contributed by atoms with Crippen molar-refractivity contribution < 1.29 is 9.21 Å². The second-order valence-electron chi connectivity index (χ2n) is 5.80. The number of nitrogens with one attached hydrogen (secondary N) is 2. The molecule has 0 atom stereocenters. The Morgan fingerprint density at radius 3 is 2.91 bits per heavy atom. The Kier molecular flexibility index (Phi) is 4.43. The van der Waals surface area contributed by atoms with Gasteiger partial charge in [-0.05, 0) is 50.8 Å². The molecule has 23 heavy (non-hydrogen) atoms. The molecule has 2 heterocycles. The van der Waals surface area contributed by atoms with Crippen LogP contribution >= 0.6 is 0 Å². The minimum Gasteiger partial charge on any atom is -0.472 e. The van der Waals surface area contributed by atoms with Crippen LogP contribution in [0.15, 0.2) is 41.2 Å². The minimum atomic E-state index is -0.0147. The number of carbonyl (C=O) groups is 1. The van der Waals surface area contributed by atoms with E-state index in [0.717, 1.165) is 35.0 Å². The molecule has 1 aromatic carbocycles. The van der Waals surface area contributed by atoms with Gasteiger partial charge in [-0.3, -0.25) is 9.89 Å². The Hall–Kier alpha value is -2.60. The summed E-state index contributed by atoms with van der Waals surface area (Å²) in [5, 5.41) is 11.0. The highest BCUT2D eigenvalue weighted by Gasteiger charge is 2.10. The smallest absolute Gasteiger partial charge is 0.225 e. The maximum absolute atomic E-state index is 12.0. The van der Waals surface area contributed by atoms with Gasteiger partial charge in [-0.1, -0.05) is 6.07 Å². The first-order valence-corrected chi connectivity index (χ1v) is 7.59. The number of fused-ring (bicyclic) bond motifs is 1.